The van der Waals surface area contributed by atoms with Crippen LogP contribution in [0.1, 0.15) is 33.6 Å². The van der Waals surface area contributed by atoms with Crippen molar-refractivity contribution in [3.05, 3.63) is 30.3 Å². The Labute approximate surface area is 117 Å². The van der Waals surface area contributed by atoms with E-state index in [0.29, 0.717) is 6.42 Å². The first-order valence-electron chi connectivity index (χ1n) is 6.48. The molecule has 1 aromatic carbocycles. The minimum absolute atomic E-state index is 0.130. The summed E-state index contributed by atoms with van der Waals surface area (Å²) in [5.74, 6) is -0.130. The molecule has 108 valence electrons. The van der Waals surface area contributed by atoms with Gasteiger partial charge in [0.1, 0.15) is 0 Å². The fourth-order valence-corrected chi connectivity index (χ4v) is 5.36. The summed E-state index contributed by atoms with van der Waals surface area (Å²) in [5, 5.41) is 1.56. The monoisotopic (exact) mass is 302 g/mol. The van der Waals surface area contributed by atoms with Gasteiger partial charge in [-0.3, -0.25) is 4.55 Å². The Morgan fingerprint density at radius 2 is 1.68 bits per heavy atom. The molecule has 3 nitrogen and oxygen atoms in total. The highest BCUT2D eigenvalue weighted by molar-refractivity contribution is 7.85. The van der Waals surface area contributed by atoms with Crippen LogP contribution in [-0.4, -0.2) is 30.0 Å². The Kier molecular flexibility index (Phi) is 5.97. The van der Waals surface area contributed by atoms with E-state index in [0.717, 1.165) is 12.6 Å². The Morgan fingerprint density at radius 3 is 2.16 bits per heavy atom. The van der Waals surface area contributed by atoms with E-state index < -0.39 is 10.1 Å². The molecule has 1 rings (SSSR count). The highest BCUT2D eigenvalue weighted by atomic mass is 32.2. The zero-order valence-electron chi connectivity index (χ0n) is 11.8. The van der Waals surface area contributed by atoms with Crippen LogP contribution in [0.2, 0.25) is 0 Å². The zero-order valence-corrected chi connectivity index (χ0v) is 13.5. The molecule has 5 heteroatoms. The third kappa shape index (κ3) is 6.51. The molecule has 0 heterocycles. The van der Waals surface area contributed by atoms with Crippen LogP contribution in [0.4, 0.5) is 0 Å². The van der Waals surface area contributed by atoms with Crippen LogP contribution in [0.5, 0.6) is 0 Å². The molecule has 0 saturated heterocycles. The molecular formula is C14H23O3PS. The van der Waals surface area contributed by atoms with E-state index in [9.17, 15) is 8.42 Å². The maximum atomic E-state index is 10.7. The zero-order chi connectivity index (χ0) is 14.5. The van der Waals surface area contributed by atoms with Gasteiger partial charge in [-0.25, -0.2) is 0 Å². The second kappa shape index (κ2) is 6.83. The molecule has 1 aromatic rings. The average Bonchev–Trinajstić information content (AvgIpc) is 2.26. The predicted molar refractivity (Wildman–Crippen MR) is 83.3 cm³/mol. The molecule has 1 N–H and O–H groups in total. The lowest BCUT2D eigenvalue weighted by Crippen LogP contribution is -2.21. The second-order valence-electron chi connectivity index (χ2n) is 5.65. The van der Waals surface area contributed by atoms with Gasteiger partial charge in [-0.1, -0.05) is 59.0 Å². The van der Waals surface area contributed by atoms with Gasteiger partial charge in [0.15, 0.2) is 0 Å². The first-order valence-corrected chi connectivity index (χ1v) is 9.61. The minimum atomic E-state index is -3.81. The summed E-state index contributed by atoms with van der Waals surface area (Å²) in [4.78, 5) is 0. The molecule has 0 aliphatic carbocycles. The number of hydrogen-bond acceptors (Lipinski definition) is 2. The molecule has 0 aliphatic rings. The highest BCUT2D eigenvalue weighted by Gasteiger charge is 2.25. The number of rotatable bonds is 6. The summed E-state index contributed by atoms with van der Waals surface area (Å²) in [6.45, 7) is 6.69. The van der Waals surface area contributed by atoms with Crippen LogP contribution in [0.3, 0.4) is 0 Å². The Morgan fingerprint density at radius 1 is 1.11 bits per heavy atom. The normalized spacial score (nSPS) is 14.3. The van der Waals surface area contributed by atoms with E-state index in [2.05, 4.69) is 45.0 Å². The lowest BCUT2D eigenvalue weighted by atomic mass is 10.3. The van der Waals surface area contributed by atoms with E-state index in [1.807, 2.05) is 6.07 Å². The predicted octanol–water partition coefficient (Wildman–Crippen LogP) is 3.26. The molecule has 1 atom stereocenters. The fourth-order valence-electron chi connectivity index (χ4n) is 2.01. The van der Waals surface area contributed by atoms with Crippen molar-refractivity contribution in [1.29, 1.82) is 0 Å². The van der Waals surface area contributed by atoms with Crippen LogP contribution >= 0.6 is 7.92 Å². The molecule has 0 saturated carbocycles. The quantitative estimate of drug-likeness (QED) is 0.498. The molecule has 0 aromatic heterocycles. The summed E-state index contributed by atoms with van der Waals surface area (Å²) in [5.41, 5.74) is 0. The van der Waals surface area contributed by atoms with Crippen LogP contribution < -0.4 is 5.30 Å². The summed E-state index contributed by atoms with van der Waals surface area (Å²) >= 11 is 0. The summed E-state index contributed by atoms with van der Waals surface area (Å²) < 4.78 is 30.1. The van der Waals surface area contributed by atoms with E-state index in [1.165, 1.54) is 5.30 Å². The maximum absolute atomic E-state index is 10.7. The van der Waals surface area contributed by atoms with Gasteiger partial charge in [0.2, 0.25) is 0 Å². The van der Waals surface area contributed by atoms with Crippen LogP contribution in [0, 0.1) is 0 Å². The SMILES string of the molecule is CC(C)(C)P(CCCCS(=O)(=O)O)c1ccccc1. The molecule has 0 bridgehead atoms. The summed E-state index contributed by atoms with van der Waals surface area (Å²) in [7, 11) is -4.14. The van der Waals surface area contributed by atoms with Crippen molar-refractivity contribution in [1.82, 2.24) is 0 Å². The van der Waals surface area contributed by atoms with Gasteiger partial charge >= 0.3 is 0 Å². The Hall–Kier alpha value is -0.440. The van der Waals surface area contributed by atoms with Gasteiger partial charge in [0.25, 0.3) is 10.1 Å². The third-order valence-corrected chi connectivity index (χ3v) is 7.02. The molecule has 0 aliphatic heterocycles. The topological polar surface area (TPSA) is 54.4 Å². The smallest absolute Gasteiger partial charge is 0.264 e. The molecule has 0 amide bonds. The highest BCUT2D eigenvalue weighted by Crippen LogP contribution is 2.48. The van der Waals surface area contributed by atoms with E-state index in [1.54, 1.807) is 0 Å². The van der Waals surface area contributed by atoms with Gasteiger partial charge < -0.3 is 0 Å². The molecule has 19 heavy (non-hydrogen) atoms. The van der Waals surface area contributed by atoms with Gasteiger partial charge in [-0.05, 0) is 29.5 Å². The Balaban J connectivity index is 2.63. The number of hydrogen-bond donors (Lipinski definition) is 1. The van der Waals surface area contributed by atoms with Crippen molar-refractivity contribution in [3.63, 3.8) is 0 Å². The van der Waals surface area contributed by atoms with Crippen molar-refractivity contribution in [3.8, 4) is 0 Å². The first kappa shape index (κ1) is 16.6. The van der Waals surface area contributed by atoms with Crippen molar-refractivity contribution in [2.45, 2.75) is 38.8 Å². The van der Waals surface area contributed by atoms with Gasteiger partial charge in [-0.15, -0.1) is 0 Å². The van der Waals surface area contributed by atoms with Crippen molar-refractivity contribution in [2.75, 3.05) is 11.9 Å². The van der Waals surface area contributed by atoms with Gasteiger partial charge in [0, 0.05) is 0 Å². The van der Waals surface area contributed by atoms with Crippen molar-refractivity contribution < 1.29 is 13.0 Å². The van der Waals surface area contributed by atoms with Gasteiger partial charge in [-0.2, -0.15) is 8.42 Å². The third-order valence-electron chi connectivity index (χ3n) is 2.91. The number of unbranched alkanes of at least 4 members (excludes halogenated alkanes) is 1. The molecule has 0 radical (unpaired) electrons. The first-order chi connectivity index (χ1) is 8.70. The summed E-state index contributed by atoms with van der Waals surface area (Å²) in [6, 6.07) is 10.4. The summed E-state index contributed by atoms with van der Waals surface area (Å²) in [6.07, 6.45) is 2.36. The Bertz CT molecular complexity index is 477. The molecular weight excluding hydrogens is 279 g/mol. The van der Waals surface area contributed by atoms with Crippen LogP contribution in [0.25, 0.3) is 0 Å². The molecule has 0 spiro atoms. The maximum Gasteiger partial charge on any atom is 0.264 e. The van der Waals surface area contributed by atoms with E-state index in [4.69, 9.17) is 4.55 Å². The number of benzene rings is 1. The molecule has 0 fully saturated rings. The van der Waals surface area contributed by atoms with Crippen molar-refractivity contribution in [2.24, 2.45) is 0 Å². The van der Waals surface area contributed by atoms with E-state index in [-0.39, 0.29) is 18.8 Å². The van der Waals surface area contributed by atoms with Crippen molar-refractivity contribution >= 4 is 23.3 Å². The lowest BCUT2D eigenvalue weighted by molar-refractivity contribution is 0.481. The largest absolute Gasteiger partial charge is 0.286 e. The lowest BCUT2D eigenvalue weighted by Gasteiger charge is -2.32. The fraction of sp³-hybridized carbons (Fsp3) is 0.571. The second-order valence-corrected chi connectivity index (χ2v) is 10.4. The van der Waals surface area contributed by atoms with E-state index >= 15 is 0 Å². The van der Waals surface area contributed by atoms with Gasteiger partial charge in [0.05, 0.1) is 5.75 Å². The standard InChI is InChI=1S/C14H23O3PS/c1-14(2,3)18(13-9-5-4-6-10-13)11-7-8-12-19(15,16)17/h4-6,9-10H,7-8,11-12H2,1-3H3,(H,15,16,17). The minimum Gasteiger partial charge on any atom is -0.286 e. The van der Waals surface area contributed by atoms with Crippen LogP contribution in [0.15, 0.2) is 30.3 Å². The average molecular weight is 302 g/mol. The van der Waals surface area contributed by atoms with Crippen LogP contribution in [-0.2, 0) is 10.1 Å². The molecule has 1 unspecified atom stereocenters.